The molecule has 0 atom stereocenters. The van der Waals surface area contributed by atoms with E-state index in [1.807, 2.05) is 30.3 Å². The third kappa shape index (κ3) is 8.29. The molecule has 0 bridgehead atoms. The van der Waals surface area contributed by atoms with Crippen molar-refractivity contribution in [3.05, 3.63) is 181 Å². The summed E-state index contributed by atoms with van der Waals surface area (Å²) in [7, 11) is 4.14. The summed E-state index contributed by atoms with van der Waals surface area (Å²) < 4.78 is 13.2. The van der Waals surface area contributed by atoms with E-state index < -0.39 is 0 Å². The summed E-state index contributed by atoms with van der Waals surface area (Å²) in [5, 5.41) is 0. The van der Waals surface area contributed by atoms with Crippen molar-refractivity contribution < 1.29 is 51.6 Å². The Morgan fingerprint density at radius 1 is 0.524 bits per heavy atom. The summed E-state index contributed by atoms with van der Waals surface area (Å²) in [6.07, 6.45) is 3.58. The van der Waals surface area contributed by atoms with Crippen LogP contribution in [0.25, 0.3) is 11.1 Å². The van der Waals surface area contributed by atoms with Gasteiger partial charge in [0, 0.05) is 89.4 Å². The number of para-hydroxylation sites is 4. The quantitative estimate of drug-likeness (QED) is 0.146. The van der Waals surface area contributed by atoms with Crippen LogP contribution in [0.5, 0.6) is 23.3 Å². The van der Waals surface area contributed by atoms with Crippen LogP contribution >= 0.6 is 0 Å². The molecule has 0 N–H and O–H groups in total. The van der Waals surface area contributed by atoms with Gasteiger partial charge in [0.2, 0.25) is 11.8 Å². The number of hydrogen-bond acceptors (Lipinski definition) is 8. The van der Waals surface area contributed by atoms with E-state index in [0.29, 0.717) is 23.3 Å². The Kier molecular flexibility index (Phi) is 11.9. The van der Waals surface area contributed by atoms with E-state index in [-0.39, 0.29) is 58.9 Å². The Balaban J connectivity index is 0.00000272. The zero-order valence-electron chi connectivity index (χ0n) is 36.3. The molecule has 7 aromatic rings. The van der Waals surface area contributed by atoms with Crippen molar-refractivity contribution in [1.29, 1.82) is 0 Å². The number of anilines is 6. The van der Waals surface area contributed by atoms with Gasteiger partial charge in [-0.3, -0.25) is 5.56 Å². The number of benzene rings is 5. The zero-order valence-corrected chi connectivity index (χ0v) is 40.9. The average Bonchev–Trinajstić information content (AvgIpc) is 3.88. The molecule has 2 aromatic heterocycles. The molecular formula is C53H46N6O2Pt2-6. The van der Waals surface area contributed by atoms with Crippen molar-refractivity contribution in [3.8, 4) is 34.4 Å². The first kappa shape index (κ1) is 44.2. The minimum absolute atomic E-state index is 0. The van der Waals surface area contributed by atoms with Crippen LogP contribution in [0.2, 0.25) is 0 Å². The number of aromatic nitrogens is 2. The third-order valence-electron chi connectivity index (χ3n) is 11.6. The maximum absolute atomic E-state index is 6.61. The van der Waals surface area contributed by atoms with Crippen molar-refractivity contribution >= 4 is 34.1 Å². The molecule has 0 saturated heterocycles. The van der Waals surface area contributed by atoms with E-state index in [1.54, 1.807) is 12.4 Å². The summed E-state index contributed by atoms with van der Waals surface area (Å²) in [5.74, 6) is 1.44. The van der Waals surface area contributed by atoms with Gasteiger partial charge in [-0.2, -0.15) is 72.0 Å². The Morgan fingerprint density at radius 3 is 1.35 bits per heavy atom. The maximum atomic E-state index is 6.61. The van der Waals surface area contributed by atoms with E-state index in [0.717, 1.165) is 73.1 Å². The van der Waals surface area contributed by atoms with Gasteiger partial charge in [0.1, 0.15) is 0 Å². The summed E-state index contributed by atoms with van der Waals surface area (Å²) >= 11 is 0. The minimum atomic E-state index is -0.385. The van der Waals surface area contributed by atoms with Gasteiger partial charge in [0.25, 0.3) is 0 Å². The van der Waals surface area contributed by atoms with Gasteiger partial charge in [-0.25, -0.2) is 16.0 Å². The van der Waals surface area contributed by atoms with Gasteiger partial charge < -0.3 is 41.2 Å². The average molecular weight is 1190 g/mol. The van der Waals surface area contributed by atoms with Crippen molar-refractivity contribution in [2.45, 2.75) is 58.3 Å². The van der Waals surface area contributed by atoms with Crippen LogP contribution in [0.15, 0.2) is 116 Å². The molecule has 0 amide bonds. The SMILES string of the molecule is CN1[CH-]N(c2[c-]c3c(cc2)-c2ccc(N4[CH-]N(C)c5ccccc54)[c-]c2C3c2[c-]c(Oc3cc(C(C)(C)C)ccn3)cc(Oc3cc(C(C)(C)C)ccn3)[c-]2)c2ccccc21.[Pt].[Pt]. The van der Waals surface area contributed by atoms with Crippen molar-refractivity contribution in [2.24, 2.45) is 0 Å². The Labute approximate surface area is 400 Å². The molecule has 0 fully saturated rings. The molecule has 1 aliphatic carbocycles. The van der Waals surface area contributed by atoms with Crippen LogP contribution in [0, 0.1) is 37.6 Å². The van der Waals surface area contributed by atoms with E-state index >= 15 is 0 Å². The molecule has 0 radical (unpaired) electrons. The standard InChI is InChI=1S/C53H46N6O2.2Pt/c1-52(2,3)35-21-23-54-49(27-35)60-39-25-34(26-40(31-39)61-50-28-36(22-24-55-50)53(4,5)6)51-43-29-37(58-32-56(7)45-13-9-11-15-47(45)58)17-19-41(43)42-20-18-38(30-44(42)51)59-33-57(8)46-14-10-12-16-48(46)59;;/h9-24,27-28,31-33,51H,1-8H3;;/q-6;;. The van der Waals surface area contributed by atoms with Crippen molar-refractivity contribution in [1.82, 2.24) is 9.97 Å². The van der Waals surface area contributed by atoms with E-state index in [2.05, 4.69) is 196 Å². The first-order chi connectivity index (χ1) is 29.3. The Hall–Kier alpha value is -5.42. The number of ether oxygens (including phenoxy) is 2. The zero-order chi connectivity index (χ0) is 42.2. The molecule has 10 heteroatoms. The van der Waals surface area contributed by atoms with Gasteiger partial charge in [0.05, 0.1) is 0 Å². The number of hydrogen-bond donors (Lipinski definition) is 0. The van der Waals surface area contributed by atoms with E-state index in [4.69, 9.17) is 9.47 Å². The van der Waals surface area contributed by atoms with Crippen LogP contribution in [0.4, 0.5) is 34.1 Å². The smallest absolute Gasteiger partial charge is 0.215 e. The molecule has 326 valence electrons. The van der Waals surface area contributed by atoms with Gasteiger partial charge in [-0.05, 0) is 72.5 Å². The molecule has 0 saturated carbocycles. The molecule has 0 spiro atoms. The molecule has 5 aromatic carbocycles. The number of fused-ring (bicyclic) bond motifs is 5. The van der Waals surface area contributed by atoms with Crippen molar-refractivity contribution in [3.63, 3.8) is 0 Å². The summed E-state index contributed by atoms with van der Waals surface area (Å²) in [6, 6.07) is 50.4. The largest absolute Gasteiger partial charge is 0.504 e. The molecule has 0 unspecified atom stereocenters. The second kappa shape index (κ2) is 16.9. The molecule has 8 nitrogen and oxygen atoms in total. The van der Waals surface area contributed by atoms with Gasteiger partial charge in [-0.15, -0.1) is 11.4 Å². The summed E-state index contributed by atoms with van der Waals surface area (Å²) in [6.45, 7) is 17.3. The molecule has 10 rings (SSSR count). The first-order valence-electron chi connectivity index (χ1n) is 20.6. The van der Waals surface area contributed by atoms with Crippen LogP contribution in [-0.2, 0) is 53.0 Å². The molecule has 2 aliphatic heterocycles. The fourth-order valence-corrected chi connectivity index (χ4v) is 8.38. The Bertz CT molecular complexity index is 2650. The fraction of sp³-hybridized carbons (Fsp3) is 0.208. The van der Waals surface area contributed by atoms with Gasteiger partial charge in [-0.1, -0.05) is 83.2 Å². The second-order valence-corrected chi connectivity index (χ2v) is 18.0. The number of rotatable bonds is 7. The number of pyridine rings is 2. The van der Waals surface area contributed by atoms with Crippen molar-refractivity contribution in [2.75, 3.05) is 33.7 Å². The van der Waals surface area contributed by atoms with Crippen LogP contribution in [-0.4, -0.2) is 24.1 Å². The predicted octanol–water partition coefficient (Wildman–Crippen LogP) is 12.4. The van der Waals surface area contributed by atoms with Gasteiger partial charge >= 0.3 is 0 Å². The topological polar surface area (TPSA) is 57.2 Å². The fourth-order valence-electron chi connectivity index (χ4n) is 8.38. The third-order valence-corrected chi connectivity index (χ3v) is 11.6. The molecule has 4 heterocycles. The van der Waals surface area contributed by atoms with Crippen LogP contribution < -0.4 is 29.1 Å². The van der Waals surface area contributed by atoms with Crippen LogP contribution in [0.3, 0.4) is 0 Å². The number of nitrogens with zero attached hydrogens (tertiary/aromatic N) is 6. The van der Waals surface area contributed by atoms with E-state index in [9.17, 15) is 0 Å². The predicted molar refractivity (Wildman–Crippen MR) is 243 cm³/mol. The summed E-state index contributed by atoms with van der Waals surface area (Å²) in [5.41, 5.74) is 13.2. The summed E-state index contributed by atoms with van der Waals surface area (Å²) in [4.78, 5) is 17.9. The monoisotopic (exact) mass is 1190 g/mol. The molecule has 3 aliphatic rings. The van der Waals surface area contributed by atoms with E-state index in [1.165, 1.54) is 0 Å². The van der Waals surface area contributed by atoms with Crippen LogP contribution in [0.1, 0.15) is 75.3 Å². The molecule has 63 heavy (non-hydrogen) atoms. The minimum Gasteiger partial charge on any atom is -0.504 e. The van der Waals surface area contributed by atoms with Gasteiger partial charge in [0.15, 0.2) is 0 Å². The maximum Gasteiger partial charge on any atom is 0.215 e. The Morgan fingerprint density at radius 2 is 0.937 bits per heavy atom. The molecular weight excluding hydrogens is 1140 g/mol. The first-order valence-corrected chi connectivity index (χ1v) is 20.6. The second-order valence-electron chi connectivity index (χ2n) is 18.0. The normalized spacial score (nSPS) is 14.1.